The Morgan fingerprint density at radius 2 is 1.94 bits per heavy atom. The maximum atomic E-state index is 3.67. The monoisotopic (exact) mass is 251 g/mol. The summed E-state index contributed by atoms with van der Waals surface area (Å²) in [6.45, 7) is 3.43. The van der Waals surface area contributed by atoms with E-state index in [-0.39, 0.29) is 0 Å². The third kappa shape index (κ3) is 6.75. The Morgan fingerprint density at radius 1 is 1.18 bits per heavy atom. The van der Waals surface area contributed by atoms with E-state index in [4.69, 9.17) is 0 Å². The zero-order chi connectivity index (χ0) is 12.3. The topological polar surface area (TPSA) is 12.0 Å². The Labute approximate surface area is 110 Å². The molecule has 1 atom stereocenters. The second-order valence-electron chi connectivity index (χ2n) is 4.45. The fourth-order valence-electron chi connectivity index (χ4n) is 1.94. The summed E-state index contributed by atoms with van der Waals surface area (Å²) in [5.41, 5.74) is 1.44. The quantitative estimate of drug-likeness (QED) is 0.671. The normalized spacial score (nSPS) is 12.6. The highest BCUT2D eigenvalue weighted by Gasteiger charge is 2.05. The lowest BCUT2D eigenvalue weighted by Crippen LogP contribution is -2.31. The largest absolute Gasteiger partial charge is 0.314 e. The first-order chi connectivity index (χ1) is 8.36. The lowest BCUT2D eigenvalue weighted by molar-refractivity contribution is 0.487. The molecule has 1 rings (SSSR count). The van der Waals surface area contributed by atoms with Crippen LogP contribution in [0.3, 0.4) is 0 Å². The van der Waals surface area contributed by atoms with E-state index in [1.165, 1.54) is 30.6 Å². The first-order valence-corrected chi connectivity index (χ1v) is 8.02. The van der Waals surface area contributed by atoms with Crippen molar-refractivity contribution in [3.05, 3.63) is 35.9 Å². The van der Waals surface area contributed by atoms with Crippen LogP contribution in [0.4, 0.5) is 0 Å². The van der Waals surface area contributed by atoms with Gasteiger partial charge in [0.2, 0.25) is 0 Å². The summed E-state index contributed by atoms with van der Waals surface area (Å²) < 4.78 is 0. The van der Waals surface area contributed by atoms with Crippen LogP contribution in [-0.2, 0) is 6.42 Å². The number of hydrogen-bond acceptors (Lipinski definition) is 2. The van der Waals surface area contributed by atoms with Crippen molar-refractivity contribution in [1.82, 2.24) is 5.32 Å². The molecule has 0 saturated heterocycles. The van der Waals surface area contributed by atoms with Gasteiger partial charge in [-0.15, -0.1) is 0 Å². The van der Waals surface area contributed by atoms with E-state index >= 15 is 0 Å². The van der Waals surface area contributed by atoms with Crippen molar-refractivity contribution >= 4 is 11.8 Å². The first-order valence-electron chi connectivity index (χ1n) is 6.63. The molecular formula is C15H25NS. The maximum Gasteiger partial charge on any atom is 0.0105 e. The molecule has 0 aromatic heterocycles. The van der Waals surface area contributed by atoms with E-state index in [2.05, 4.69) is 48.8 Å². The highest BCUT2D eigenvalue weighted by Crippen LogP contribution is 2.06. The SMILES string of the molecule is CCC(Cc1ccccc1)NCCCCSC. The van der Waals surface area contributed by atoms with Crippen LogP contribution in [0.25, 0.3) is 0 Å². The second kappa shape index (κ2) is 9.55. The molecule has 0 saturated carbocycles. The second-order valence-corrected chi connectivity index (χ2v) is 5.43. The predicted molar refractivity (Wildman–Crippen MR) is 79.8 cm³/mol. The van der Waals surface area contributed by atoms with Gasteiger partial charge in [-0.3, -0.25) is 0 Å². The van der Waals surface area contributed by atoms with Crippen LogP contribution < -0.4 is 5.32 Å². The van der Waals surface area contributed by atoms with E-state index in [1.807, 2.05) is 11.8 Å². The van der Waals surface area contributed by atoms with Gasteiger partial charge in [0.1, 0.15) is 0 Å². The van der Waals surface area contributed by atoms with E-state index < -0.39 is 0 Å². The fraction of sp³-hybridized carbons (Fsp3) is 0.600. The van der Waals surface area contributed by atoms with Crippen molar-refractivity contribution in [2.24, 2.45) is 0 Å². The molecule has 1 unspecified atom stereocenters. The van der Waals surface area contributed by atoms with E-state index in [0.717, 1.165) is 13.0 Å². The molecule has 0 bridgehead atoms. The summed E-state index contributed by atoms with van der Waals surface area (Å²) in [5, 5.41) is 3.67. The van der Waals surface area contributed by atoms with Crippen molar-refractivity contribution in [2.75, 3.05) is 18.6 Å². The molecule has 0 spiro atoms. The first kappa shape index (κ1) is 14.6. The highest BCUT2D eigenvalue weighted by molar-refractivity contribution is 7.98. The molecule has 0 aliphatic rings. The summed E-state index contributed by atoms with van der Waals surface area (Å²) in [7, 11) is 0. The van der Waals surface area contributed by atoms with Crippen molar-refractivity contribution < 1.29 is 0 Å². The van der Waals surface area contributed by atoms with Gasteiger partial charge in [-0.1, -0.05) is 37.3 Å². The van der Waals surface area contributed by atoms with Gasteiger partial charge in [0.25, 0.3) is 0 Å². The van der Waals surface area contributed by atoms with Gasteiger partial charge >= 0.3 is 0 Å². The van der Waals surface area contributed by atoms with Gasteiger partial charge in [0, 0.05) is 6.04 Å². The molecule has 1 nitrogen and oxygen atoms in total. The Bertz CT molecular complexity index is 274. The van der Waals surface area contributed by atoms with Crippen LogP contribution >= 0.6 is 11.8 Å². The Kier molecular flexibility index (Phi) is 8.20. The summed E-state index contributed by atoms with van der Waals surface area (Å²) in [6, 6.07) is 11.4. The molecule has 0 radical (unpaired) electrons. The summed E-state index contributed by atoms with van der Waals surface area (Å²) in [4.78, 5) is 0. The summed E-state index contributed by atoms with van der Waals surface area (Å²) in [5.74, 6) is 1.29. The molecule has 1 aromatic rings. The zero-order valence-electron chi connectivity index (χ0n) is 11.1. The number of hydrogen-bond donors (Lipinski definition) is 1. The molecule has 0 heterocycles. The van der Waals surface area contributed by atoms with E-state index in [0.29, 0.717) is 6.04 Å². The summed E-state index contributed by atoms with van der Waals surface area (Å²) >= 11 is 1.94. The average molecular weight is 251 g/mol. The van der Waals surface area contributed by atoms with E-state index in [9.17, 15) is 0 Å². The number of rotatable bonds is 9. The van der Waals surface area contributed by atoms with Gasteiger partial charge in [0.15, 0.2) is 0 Å². The molecule has 96 valence electrons. The van der Waals surface area contributed by atoms with Crippen molar-refractivity contribution in [2.45, 2.75) is 38.6 Å². The minimum atomic E-state index is 0.631. The van der Waals surface area contributed by atoms with Crippen LogP contribution in [0.2, 0.25) is 0 Å². The number of benzene rings is 1. The average Bonchev–Trinajstić information content (AvgIpc) is 2.38. The molecular weight excluding hydrogens is 226 g/mol. The number of unbranched alkanes of at least 4 members (excludes halogenated alkanes) is 1. The third-order valence-electron chi connectivity index (χ3n) is 3.03. The smallest absolute Gasteiger partial charge is 0.0105 e. The van der Waals surface area contributed by atoms with Gasteiger partial charge in [-0.05, 0) is 49.8 Å². The van der Waals surface area contributed by atoms with Gasteiger partial charge in [-0.2, -0.15) is 11.8 Å². The standard InChI is InChI=1S/C15H25NS/c1-3-15(16-11-7-8-12-17-2)13-14-9-5-4-6-10-14/h4-6,9-10,15-16H,3,7-8,11-13H2,1-2H3. The lowest BCUT2D eigenvalue weighted by Gasteiger charge is -2.17. The van der Waals surface area contributed by atoms with Crippen molar-refractivity contribution in [1.29, 1.82) is 0 Å². The maximum absolute atomic E-state index is 3.67. The zero-order valence-corrected chi connectivity index (χ0v) is 11.9. The predicted octanol–water partition coefficient (Wildman–Crippen LogP) is 3.74. The molecule has 1 N–H and O–H groups in total. The molecule has 2 heteroatoms. The molecule has 0 aliphatic carbocycles. The Morgan fingerprint density at radius 3 is 2.59 bits per heavy atom. The Hall–Kier alpha value is -0.470. The molecule has 0 aliphatic heterocycles. The number of nitrogens with one attached hydrogen (secondary N) is 1. The van der Waals surface area contributed by atoms with Gasteiger partial charge in [-0.25, -0.2) is 0 Å². The van der Waals surface area contributed by atoms with Crippen LogP contribution in [0.5, 0.6) is 0 Å². The van der Waals surface area contributed by atoms with Gasteiger partial charge < -0.3 is 5.32 Å². The summed E-state index contributed by atoms with van der Waals surface area (Å²) in [6.07, 6.45) is 7.16. The van der Waals surface area contributed by atoms with Crippen LogP contribution in [0, 0.1) is 0 Å². The van der Waals surface area contributed by atoms with Crippen LogP contribution in [0.15, 0.2) is 30.3 Å². The third-order valence-corrected chi connectivity index (χ3v) is 3.72. The molecule has 1 aromatic carbocycles. The van der Waals surface area contributed by atoms with E-state index in [1.54, 1.807) is 0 Å². The van der Waals surface area contributed by atoms with Crippen LogP contribution in [0.1, 0.15) is 31.7 Å². The lowest BCUT2D eigenvalue weighted by atomic mass is 10.0. The van der Waals surface area contributed by atoms with Crippen molar-refractivity contribution in [3.63, 3.8) is 0 Å². The van der Waals surface area contributed by atoms with Gasteiger partial charge in [0.05, 0.1) is 0 Å². The number of thioether (sulfide) groups is 1. The molecule has 0 fully saturated rings. The molecule has 0 amide bonds. The Balaban J connectivity index is 2.20. The van der Waals surface area contributed by atoms with Crippen LogP contribution in [-0.4, -0.2) is 24.6 Å². The fourth-order valence-corrected chi connectivity index (χ4v) is 2.43. The van der Waals surface area contributed by atoms with Crippen molar-refractivity contribution in [3.8, 4) is 0 Å². The minimum Gasteiger partial charge on any atom is -0.314 e. The molecule has 17 heavy (non-hydrogen) atoms. The highest BCUT2D eigenvalue weighted by atomic mass is 32.2. The minimum absolute atomic E-state index is 0.631.